The van der Waals surface area contributed by atoms with E-state index in [1.807, 2.05) is 11.4 Å². The molecule has 0 radical (unpaired) electrons. The SMILES string of the molecule is CNSN1[C@@H]2COC[C@@H]2C[C@H]1c1nc(-c2ccc(C(=O)Nc3cc(C(F)(F)F)ccn3)cc2F)c2c(N)nccn12. The minimum absolute atomic E-state index is 0.0940. The van der Waals surface area contributed by atoms with Gasteiger partial charge in [0.15, 0.2) is 0 Å². The number of imidazole rings is 1. The Hall–Kier alpha value is -3.79. The van der Waals surface area contributed by atoms with E-state index in [-0.39, 0.29) is 40.5 Å². The van der Waals surface area contributed by atoms with E-state index in [0.29, 0.717) is 36.5 Å². The molecule has 0 saturated carbocycles. The van der Waals surface area contributed by atoms with Crippen LogP contribution in [0.5, 0.6) is 0 Å². The zero-order valence-corrected chi connectivity index (χ0v) is 22.3. The third-order valence-electron chi connectivity index (χ3n) is 7.25. The summed E-state index contributed by atoms with van der Waals surface area (Å²) in [5.41, 5.74) is 5.95. The molecule has 0 bridgehead atoms. The van der Waals surface area contributed by atoms with Crippen LogP contribution >= 0.6 is 12.1 Å². The van der Waals surface area contributed by atoms with Crippen LogP contribution in [-0.2, 0) is 10.9 Å². The predicted octanol–water partition coefficient (Wildman–Crippen LogP) is 4.33. The van der Waals surface area contributed by atoms with E-state index in [1.165, 1.54) is 24.3 Å². The van der Waals surface area contributed by atoms with Gasteiger partial charge in [0.05, 0.1) is 30.9 Å². The number of rotatable bonds is 6. The van der Waals surface area contributed by atoms with Crippen molar-refractivity contribution >= 4 is 35.2 Å². The Morgan fingerprint density at radius 1 is 1.17 bits per heavy atom. The fraction of sp³-hybridized carbons (Fsp3) is 0.308. The number of carbonyl (C=O) groups excluding carboxylic acids is 1. The first-order valence-corrected chi connectivity index (χ1v) is 13.4. The Bertz CT molecular complexity index is 1630. The molecule has 2 fully saturated rings. The summed E-state index contributed by atoms with van der Waals surface area (Å²) in [6, 6.07) is 5.30. The van der Waals surface area contributed by atoms with Gasteiger partial charge in [-0.1, -0.05) is 0 Å². The molecule has 4 aromatic rings. The summed E-state index contributed by atoms with van der Waals surface area (Å²) in [7, 11) is 1.83. The zero-order valence-electron chi connectivity index (χ0n) is 21.5. The van der Waals surface area contributed by atoms with E-state index in [9.17, 15) is 18.0 Å². The van der Waals surface area contributed by atoms with Crippen LogP contribution in [0.25, 0.3) is 16.8 Å². The number of pyridine rings is 1. The largest absolute Gasteiger partial charge is 0.416 e. The fourth-order valence-corrected chi connectivity index (χ4v) is 6.28. The number of anilines is 2. The molecule has 3 atom stereocenters. The highest BCUT2D eigenvalue weighted by Gasteiger charge is 2.47. The van der Waals surface area contributed by atoms with Gasteiger partial charge < -0.3 is 15.8 Å². The number of nitrogens with zero attached hydrogens (tertiary/aromatic N) is 5. The highest BCUT2D eigenvalue weighted by atomic mass is 32.2. The number of nitrogens with one attached hydrogen (secondary N) is 2. The van der Waals surface area contributed by atoms with E-state index in [1.54, 1.807) is 12.4 Å². The number of carbonyl (C=O) groups is 1. The maximum atomic E-state index is 15.6. The van der Waals surface area contributed by atoms with Crippen LogP contribution in [0.1, 0.15) is 34.2 Å². The lowest BCUT2D eigenvalue weighted by Crippen LogP contribution is -2.31. The molecule has 2 aliphatic rings. The summed E-state index contributed by atoms with van der Waals surface area (Å²) >= 11 is 1.46. The maximum Gasteiger partial charge on any atom is 0.416 e. The first-order valence-electron chi connectivity index (χ1n) is 12.6. The molecule has 2 saturated heterocycles. The van der Waals surface area contributed by atoms with Crippen LogP contribution in [0.15, 0.2) is 48.9 Å². The topological polar surface area (TPSA) is 123 Å². The lowest BCUT2D eigenvalue weighted by atomic mass is 10.0. The molecular formula is C26H24F4N8O2S. The van der Waals surface area contributed by atoms with Crippen LogP contribution in [0.3, 0.4) is 0 Å². The van der Waals surface area contributed by atoms with Gasteiger partial charge in [0, 0.05) is 47.8 Å². The van der Waals surface area contributed by atoms with Crippen molar-refractivity contribution in [3.05, 3.63) is 71.7 Å². The Balaban J connectivity index is 1.34. The highest BCUT2D eigenvalue weighted by molar-refractivity contribution is 7.95. The number of nitrogen functional groups attached to an aromatic ring is 1. The van der Waals surface area contributed by atoms with Gasteiger partial charge in [-0.2, -0.15) is 13.2 Å². The van der Waals surface area contributed by atoms with Crippen molar-refractivity contribution in [3.63, 3.8) is 0 Å². The van der Waals surface area contributed by atoms with Gasteiger partial charge in [-0.3, -0.25) is 13.9 Å². The van der Waals surface area contributed by atoms with Gasteiger partial charge in [0.2, 0.25) is 0 Å². The standard InChI is InChI=1S/C26H24F4N8O2S/c1-32-41-38-18(9-14-11-40-12-19(14)38)24-36-21(22-23(31)34-6-7-37(22)24)16-3-2-13(8-17(16)27)25(39)35-20-10-15(4-5-33-20)26(28,29)30/h2-8,10,14,18-19,32H,9,11-12H2,1H3,(H2,31,34)(H,33,35,39)/t14-,18-,19+/m0/s1. The molecular weight excluding hydrogens is 564 g/mol. The average Bonchev–Trinajstić information content (AvgIpc) is 3.63. The van der Waals surface area contributed by atoms with Gasteiger partial charge in [0.1, 0.15) is 34.5 Å². The predicted molar refractivity (Wildman–Crippen MR) is 144 cm³/mol. The van der Waals surface area contributed by atoms with Crippen molar-refractivity contribution in [1.29, 1.82) is 0 Å². The van der Waals surface area contributed by atoms with Crippen molar-refractivity contribution in [1.82, 2.24) is 28.4 Å². The third kappa shape index (κ3) is 4.98. The number of benzene rings is 1. The molecule has 0 aliphatic carbocycles. The Morgan fingerprint density at radius 2 is 2.00 bits per heavy atom. The molecule has 15 heteroatoms. The molecule has 2 aliphatic heterocycles. The Kier molecular flexibility index (Phi) is 7.05. The number of ether oxygens (including phenoxy) is 1. The number of fused-ring (bicyclic) bond motifs is 2. The first kappa shape index (κ1) is 27.4. The monoisotopic (exact) mass is 588 g/mol. The third-order valence-corrected chi connectivity index (χ3v) is 8.16. The highest BCUT2D eigenvalue weighted by Crippen LogP contribution is 2.46. The molecule has 41 heavy (non-hydrogen) atoms. The van der Waals surface area contributed by atoms with E-state index >= 15 is 4.39 Å². The van der Waals surface area contributed by atoms with E-state index in [0.717, 1.165) is 24.8 Å². The van der Waals surface area contributed by atoms with Crippen molar-refractivity contribution in [2.45, 2.75) is 24.7 Å². The van der Waals surface area contributed by atoms with Crippen LogP contribution in [0.2, 0.25) is 0 Å². The molecule has 10 nitrogen and oxygen atoms in total. The average molecular weight is 589 g/mol. The normalized spacial score (nSPS) is 21.0. The van der Waals surface area contributed by atoms with Crippen molar-refractivity contribution in [3.8, 4) is 11.3 Å². The number of halogens is 4. The van der Waals surface area contributed by atoms with Crippen LogP contribution in [0, 0.1) is 11.7 Å². The van der Waals surface area contributed by atoms with Gasteiger partial charge in [-0.25, -0.2) is 23.6 Å². The smallest absolute Gasteiger partial charge is 0.382 e. The maximum absolute atomic E-state index is 15.6. The number of nitrogens with two attached hydrogens (primary N) is 1. The second kappa shape index (κ2) is 10.6. The van der Waals surface area contributed by atoms with Crippen LogP contribution < -0.4 is 15.8 Å². The Morgan fingerprint density at radius 3 is 2.76 bits per heavy atom. The minimum atomic E-state index is -4.60. The second-order valence-corrected chi connectivity index (χ2v) is 10.7. The van der Waals surface area contributed by atoms with Gasteiger partial charge in [-0.05, 0) is 43.8 Å². The molecule has 0 unspecified atom stereocenters. The van der Waals surface area contributed by atoms with Crippen molar-refractivity contribution in [2.24, 2.45) is 5.92 Å². The summed E-state index contributed by atoms with van der Waals surface area (Å²) in [6.45, 7) is 1.25. The number of hydrogen-bond donors (Lipinski definition) is 3. The van der Waals surface area contributed by atoms with E-state index < -0.39 is 23.5 Å². The lowest BCUT2D eigenvalue weighted by molar-refractivity contribution is -0.137. The minimum Gasteiger partial charge on any atom is -0.382 e. The number of alkyl halides is 3. The summed E-state index contributed by atoms with van der Waals surface area (Å²) in [6.07, 6.45) is 0.393. The van der Waals surface area contributed by atoms with Crippen LogP contribution in [0.4, 0.5) is 29.2 Å². The fourth-order valence-electron chi connectivity index (χ4n) is 5.39. The van der Waals surface area contributed by atoms with E-state index in [2.05, 4.69) is 24.3 Å². The number of aromatic nitrogens is 4. The van der Waals surface area contributed by atoms with Crippen LogP contribution in [-0.4, -0.2) is 55.9 Å². The molecule has 1 aromatic carbocycles. The molecule has 1 amide bonds. The second-order valence-electron chi connectivity index (χ2n) is 9.70. The van der Waals surface area contributed by atoms with E-state index in [4.69, 9.17) is 15.5 Å². The number of hydrogen-bond acceptors (Lipinski definition) is 9. The molecule has 6 rings (SSSR count). The summed E-state index contributed by atoms with van der Waals surface area (Å²) in [5, 5.41) is 2.28. The van der Waals surface area contributed by atoms with Crippen molar-refractivity contribution < 1.29 is 27.1 Å². The lowest BCUT2D eigenvalue weighted by Gasteiger charge is -2.26. The number of amides is 1. The van der Waals surface area contributed by atoms with Gasteiger partial charge in [0.25, 0.3) is 5.91 Å². The first-order chi connectivity index (χ1) is 19.7. The summed E-state index contributed by atoms with van der Waals surface area (Å²) in [5.74, 6) is -0.753. The summed E-state index contributed by atoms with van der Waals surface area (Å²) < 4.78 is 67.5. The Labute approximate surface area is 235 Å². The summed E-state index contributed by atoms with van der Waals surface area (Å²) in [4.78, 5) is 25.5. The van der Waals surface area contributed by atoms with Gasteiger partial charge >= 0.3 is 6.18 Å². The quantitative estimate of drug-likeness (QED) is 0.223. The van der Waals surface area contributed by atoms with Gasteiger partial charge in [-0.15, -0.1) is 0 Å². The van der Waals surface area contributed by atoms with Crippen molar-refractivity contribution in [2.75, 3.05) is 31.3 Å². The molecule has 3 aromatic heterocycles. The molecule has 4 N–H and O–H groups in total. The zero-order chi connectivity index (χ0) is 28.9. The molecule has 214 valence electrons. The molecule has 5 heterocycles. The molecule has 0 spiro atoms.